The second-order valence-electron chi connectivity index (χ2n) is 3.85. The molecule has 4 heteroatoms. The van der Waals surface area contributed by atoms with E-state index < -0.39 is 0 Å². The molecule has 1 rings (SSSR count). The molecule has 0 amide bonds. The van der Waals surface area contributed by atoms with Crippen molar-refractivity contribution in [3.05, 3.63) is 0 Å². The summed E-state index contributed by atoms with van der Waals surface area (Å²) < 4.78 is 16.5. The highest BCUT2D eigenvalue weighted by Crippen LogP contribution is 2.20. The van der Waals surface area contributed by atoms with Crippen LogP contribution in [0.4, 0.5) is 0 Å². The molecule has 1 aliphatic rings. The topological polar surface area (TPSA) is 53.7 Å². The standard InChI is InChI=1S/C12H21NO3/c1-2-8-14-10-11-5-3-6-12(16-11)15-9-4-7-13/h1,11-12H,3-10,13H2/t11-,12-/m1/s1. The summed E-state index contributed by atoms with van der Waals surface area (Å²) in [4.78, 5) is 0. The van der Waals surface area contributed by atoms with Crippen LogP contribution in [0.25, 0.3) is 0 Å². The van der Waals surface area contributed by atoms with E-state index in [1.165, 1.54) is 0 Å². The molecule has 0 bridgehead atoms. The van der Waals surface area contributed by atoms with Crippen molar-refractivity contribution in [3.63, 3.8) is 0 Å². The molecule has 0 spiro atoms. The molecular formula is C12H21NO3. The fourth-order valence-electron chi connectivity index (χ4n) is 1.66. The van der Waals surface area contributed by atoms with Crippen molar-refractivity contribution in [2.75, 3.05) is 26.4 Å². The fourth-order valence-corrected chi connectivity index (χ4v) is 1.66. The Labute approximate surface area is 97.4 Å². The summed E-state index contributed by atoms with van der Waals surface area (Å²) >= 11 is 0. The van der Waals surface area contributed by atoms with Gasteiger partial charge in [-0.25, -0.2) is 0 Å². The van der Waals surface area contributed by atoms with E-state index in [9.17, 15) is 0 Å². The van der Waals surface area contributed by atoms with Crippen molar-refractivity contribution in [1.82, 2.24) is 0 Å². The number of rotatable bonds is 7. The van der Waals surface area contributed by atoms with E-state index in [0.29, 0.717) is 26.4 Å². The normalized spacial score (nSPS) is 25.2. The number of ether oxygens (including phenoxy) is 3. The Balaban J connectivity index is 2.12. The van der Waals surface area contributed by atoms with Gasteiger partial charge in [-0.1, -0.05) is 5.92 Å². The molecule has 0 unspecified atom stereocenters. The summed E-state index contributed by atoms with van der Waals surface area (Å²) in [5.41, 5.74) is 5.39. The quantitative estimate of drug-likeness (QED) is 0.518. The Hall–Kier alpha value is -0.600. The predicted octanol–water partition coefficient (Wildman–Crippen LogP) is 0.897. The van der Waals surface area contributed by atoms with Crippen LogP contribution in [0.2, 0.25) is 0 Å². The van der Waals surface area contributed by atoms with Crippen molar-refractivity contribution in [1.29, 1.82) is 0 Å². The molecular weight excluding hydrogens is 206 g/mol. The largest absolute Gasteiger partial charge is 0.366 e. The number of nitrogens with two attached hydrogens (primary N) is 1. The van der Waals surface area contributed by atoms with Gasteiger partial charge < -0.3 is 19.9 Å². The first-order valence-electron chi connectivity index (χ1n) is 5.85. The van der Waals surface area contributed by atoms with E-state index in [1.807, 2.05) is 0 Å². The highest BCUT2D eigenvalue weighted by Gasteiger charge is 2.22. The minimum absolute atomic E-state index is 0.0975. The van der Waals surface area contributed by atoms with Crippen LogP contribution in [-0.4, -0.2) is 38.8 Å². The van der Waals surface area contributed by atoms with Crippen LogP contribution < -0.4 is 5.73 Å². The van der Waals surface area contributed by atoms with Crippen molar-refractivity contribution in [3.8, 4) is 12.3 Å². The monoisotopic (exact) mass is 227 g/mol. The van der Waals surface area contributed by atoms with E-state index in [1.54, 1.807) is 0 Å². The molecule has 1 saturated heterocycles. The third-order valence-electron chi connectivity index (χ3n) is 2.45. The van der Waals surface area contributed by atoms with Crippen LogP contribution in [-0.2, 0) is 14.2 Å². The highest BCUT2D eigenvalue weighted by atomic mass is 16.7. The molecule has 0 saturated carbocycles. The molecule has 2 atom stereocenters. The first-order chi connectivity index (χ1) is 7.86. The first kappa shape index (κ1) is 13.5. The number of hydrogen-bond donors (Lipinski definition) is 1. The first-order valence-corrected chi connectivity index (χ1v) is 5.85. The lowest BCUT2D eigenvalue weighted by Crippen LogP contribution is -2.33. The van der Waals surface area contributed by atoms with Gasteiger partial charge in [0.2, 0.25) is 0 Å². The highest BCUT2D eigenvalue weighted by molar-refractivity contribution is 4.83. The van der Waals surface area contributed by atoms with E-state index >= 15 is 0 Å². The summed E-state index contributed by atoms with van der Waals surface area (Å²) in [6, 6.07) is 0. The van der Waals surface area contributed by atoms with Gasteiger partial charge in [-0.05, 0) is 32.2 Å². The molecule has 1 aliphatic heterocycles. The molecule has 1 heterocycles. The van der Waals surface area contributed by atoms with Gasteiger partial charge in [-0.15, -0.1) is 6.42 Å². The lowest BCUT2D eigenvalue weighted by molar-refractivity contribution is -0.203. The Kier molecular flexibility index (Phi) is 7.19. The third kappa shape index (κ3) is 5.47. The predicted molar refractivity (Wildman–Crippen MR) is 61.8 cm³/mol. The summed E-state index contributed by atoms with van der Waals surface area (Å²) in [6.45, 7) is 2.22. The fraction of sp³-hybridized carbons (Fsp3) is 0.833. The van der Waals surface area contributed by atoms with Crippen LogP contribution in [0.1, 0.15) is 25.7 Å². The number of hydrogen-bond acceptors (Lipinski definition) is 4. The van der Waals surface area contributed by atoms with E-state index in [2.05, 4.69) is 5.92 Å². The van der Waals surface area contributed by atoms with Gasteiger partial charge in [0.05, 0.1) is 19.3 Å². The zero-order valence-electron chi connectivity index (χ0n) is 9.69. The summed E-state index contributed by atoms with van der Waals surface area (Å²) in [7, 11) is 0. The van der Waals surface area contributed by atoms with Crippen LogP contribution in [0.15, 0.2) is 0 Å². The average molecular weight is 227 g/mol. The molecule has 0 aromatic rings. The Morgan fingerprint density at radius 2 is 2.31 bits per heavy atom. The van der Waals surface area contributed by atoms with Crippen LogP contribution >= 0.6 is 0 Å². The minimum atomic E-state index is -0.0975. The van der Waals surface area contributed by atoms with Crippen molar-refractivity contribution in [2.24, 2.45) is 5.73 Å². The lowest BCUT2D eigenvalue weighted by Gasteiger charge is -2.29. The molecule has 16 heavy (non-hydrogen) atoms. The molecule has 1 fully saturated rings. The van der Waals surface area contributed by atoms with Crippen molar-refractivity contribution < 1.29 is 14.2 Å². The summed E-state index contributed by atoms with van der Waals surface area (Å²) in [6.07, 6.45) is 9.07. The van der Waals surface area contributed by atoms with Gasteiger partial charge in [0.1, 0.15) is 6.61 Å². The minimum Gasteiger partial charge on any atom is -0.366 e. The van der Waals surface area contributed by atoms with E-state index in [0.717, 1.165) is 25.7 Å². The van der Waals surface area contributed by atoms with Gasteiger partial charge in [0, 0.05) is 0 Å². The van der Waals surface area contributed by atoms with Gasteiger partial charge >= 0.3 is 0 Å². The maximum absolute atomic E-state index is 5.72. The van der Waals surface area contributed by atoms with Gasteiger partial charge in [0.25, 0.3) is 0 Å². The Morgan fingerprint density at radius 3 is 3.06 bits per heavy atom. The molecule has 4 nitrogen and oxygen atoms in total. The van der Waals surface area contributed by atoms with Crippen molar-refractivity contribution >= 4 is 0 Å². The molecule has 0 aliphatic carbocycles. The maximum atomic E-state index is 5.72. The average Bonchev–Trinajstić information content (AvgIpc) is 2.30. The van der Waals surface area contributed by atoms with Gasteiger partial charge in [-0.2, -0.15) is 0 Å². The summed E-state index contributed by atoms with van der Waals surface area (Å²) in [5, 5.41) is 0. The SMILES string of the molecule is C#CCOC[C@H]1CCC[C@H](OCCCN)O1. The third-order valence-corrected chi connectivity index (χ3v) is 2.45. The Morgan fingerprint density at radius 1 is 1.44 bits per heavy atom. The zero-order valence-corrected chi connectivity index (χ0v) is 9.69. The van der Waals surface area contributed by atoms with Gasteiger partial charge in [-0.3, -0.25) is 0 Å². The van der Waals surface area contributed by atoms with Crippen LogP contribution in [0, 0.1) is 12.3 Å². The zero-order chi connectivity index (χ0) is 11.6. The molecule has 92 valence electrons. The summed E-state index contributed by atoms with van der Waals surface area (Å²) in [5.74, 6) is 2.44. The van der Waals surface area contributed by atoms with Crippen LogP contribution in [0.5, 0.6) is 0 Å². The second kappa shape index (κ2) is 8.54. The van der Waals surface area contributed by atoms with E-state index in [4.69, 9.17) is 26.4 Å². The van der Waals surface area contributed by atoms with Crippen LogP contribution in [0.3, 0.4) is 0 Å². The number of terminal acetylenes is 1. The molecule has 0 aromatic heterocycles. The second-order valence-corrected chi connectivity index (χ2v) is 3.85. The smallest absolute Gasteiger partial charge is 0.158 e. The molecule has 0 aromatic carbocycles. The van der Waals surface area contributed by atoms with Gasteiger partial charge in [0.15, 0.2) is 6.29 Å². The molecule has 0 radical (unpaired) electrons. The lowest BCUT2D eigenvalue weighted by atomic mass is 10.1. The maximum Gasteiger partial charge on any atom is 0.158 e. The Bertz CT molecular complexity index is 215. The van der Waals surface area contributed by atoms with Crippen molar-refractivity contribution in [2.45, 2.75) is 38.1 Å². The van der Waals surface area contributed by atoms with E-state index in [-0.39, 0.29) is 12.4 Å². The molecule has 2 N–H and O–H groups in total.